The number of oxime groups is 1. The molecule has 184 valence electrons. The summed E-state index contributed by atoms with van der Waals surface area (Å²) in [5.41, 5.74) is 0.333. The molecule has 2 aromatic carbocycles. The van der Waals surface area contributed by atoms with Gasteiger partial charge in [0.1, 0.15) is 23.5 Å². The maximum atomic E-state index is 14.8. The molecule has 10 heteroatoms. The summed E-state index contributed by atoms with van der Waals surface area (Å²) in [5, 5.41) is 13.9. The van der Waals surface area contributed by atoms with E-state index in [2.05, 4.69) is 10.1 Å². The van der Waals surface area contributed by atoms with E-state index in [0.717, 1.165) is 25.2 Å². The lowest BCUT2D eigenvalue weighted by atomic mass is 10.0. The second kappa shape index (κ2) is 11.3. The molecule has 0 spiro atoms. The number of piperidine rings is 1. The molecule has 3 aromatic rings. The van der Waals surface area contributed by atoms with Gasteiger partial charge in [0.2, 0.25) is 0 Å². The minimum absolute atomic E-state index is 0.0135. The van der Waals surface area contributed by atoms with Gasteiger partial charge >= 0.3 is 0 Å². The van der Waals surface area contributed by atoms with Crippen molar-refractivity contribution in [3.63, 3.8) is 0 Å². The Morgan fingerprint density at radius 3 is 2.46 bits per heavy atom. The van der Waals surface area contributed by atoms with Gasteiger partial charge in [-0.25, -0.2) is 8.78 Å². The molecule has 1 aromatic heterocycles. The van der Waals surface area contributed by atoms with Crippen molar-refractivity contribution in [1.29, 1.82) is 0 Å². The van der Waals surface area contributed by atoms with Crippen molar-refractivity contribution in [2.75, 3.05) is 26.2 Å². The lowest BCUT2D eigenvalue weighted by molar-refractivity contribution is 0.00803. The van der Waals surface area contributed by atoms with Crippen LogP contribution in [0.1, 0.15) is 24.0 Å². The number of pyridine rings is 1. The normalized spacial score (nSPS) is 15.4. The molecule has 0 radical (unpaired) electrons. The lowest BCUT2D eigenvalue weighted by Crippen LogP contribution is -2.38. The van der Waals surface area contributed by atoms with Crippen LogP contribution >= 0.6 is 23.2 Å². The van der Waals surface area contributed by atoms with Crippen molar-refractivity contribution >= 4 is 28.9 Å². The number of aliphatic hydroxyl groups is 1. The Morgan fingerprint density at radius 2 is 1.80 bits per heavy atom. The standard InChI is InChI=1S/C25H23Cl2F2N3O3/c26-20-2-1-3-21(27)25(20)32-15-16(4-7-23(32)34)24(19-6-5-17(28)14-22(19)29)30-35-18-8-10-31(11-9-18)12-13-33/h1-7,14-15,18,33H,8-13H2/b30-24+. The largest absolute Gasteiger partial charge is 0.395 e. The van der Waals surface area contributed by atoms with Crippen molar-refractivity contribution in [3.05, 3.63) is 97.9 Å². The van der Waals surface area contributed by atoms with E-state index >= 15 is 0 Å². The van der Waals surface area contributed by atoms with E-state index in [0.29, 0.717) is 24.9 Å². The number of rotatable bonds is 7. The van der Waals surface area contributed by atoms with Crippen LogP contribution < -0.4 is 5.56 Å². The van der Waals surface area contributed by atoms with Crippen LogP contribution in [0.25, 0.3) is 5.69 Å². The summed E-state index contributed by atoms with van der Waals surface area (Å²) in [6.07, 6.45) is 2.59. The van der Waals surface area contributed by atoms with Crippen LogP contribution in [-0.2, 0) is 4.84 Å². The number of hydrogen-bond donors (Lipinski definition) is 1. The molecule has 1 N–H and O–H groups in total. The number of nitrogens with zero attached hydrogens (tertiary/aromatic N) is 3. The monoisotopic (exact) mass is 521 g/mol. The van der Waals surface area contributed by atoms with Crippen molar-refractivity contribution in [3.8, 4) is 5.69 Å². The highest BCUT2D eigenvalue weighted by Gasteiger charge is 2.22. The molecule has 6 nitrogen and oxygen atoms in total. The molecule has 0 atom stereocenters. The van der Waals surface area contributed by atoms with Crippen LogP contribution in [0.5, 0.6) is 0 Å². The van der Waals surface area contributed by atoms with Crippen molar-refractivity contribution in [2.45, 2.75) is 18.9 Å². The summed E-state index contributed by atoms with van der Waals surface area (Å²) < 4.78 is 29.7. The number of halogens is 4. The summed E-state index contributed by atoms with van der Waals surface area (Å²) in [6, 6.07) is 10.8. The smallest absolute Gasteiger partial charge is 0.255 e. The zero-order chi connectivity index (χ0) is 24.9. The molecule has 0 unspecified atom stereocenters. The summed E-state index contributed by atoms with van der Waals surface area (Å²) >= 11 is 12.6. The fraction of sp³-hybridized carbons (Fsp3) is 0.280. The highest BCUT2D eigenvalue weighted by molar-refractivity contribution is 6.37. The van der Waals surface area contributed by atoms with Gasteiger partial charge in [-0.1, -0.05) is 34.4 Å². The Bertz CT molecular complexity index is 1270. The Hall–Kier alpha value is -2.78. The molecule has 0 amide bonds. The number of β-amino-alcohol motifs (C(OH)–C–C–N with tert-alkyl or cyclic N) is 1. The molecule has 0 bridgehead atoms. The predicted octanol–water partition coefficient (Wildman–Crippen LogP) is 4.65. The van der Waals surface area contributed by atoms with Gasteiger partial charge in [0.05, 0.1) is 22.3 Å². The zero-order valence-electron chi connectivity index (χ0n) is 18.6. The van der Waals surface area contributed by atoms with E-state index < -0.39 is 17.2 Å². The van der Waals surface area contributed by atoms with Gasteiger partial charge in [-0.3, -0.25) is 9.36 Å². The number of benzene rings is 2. The first kappa shape index (κ1) is 25.3. The molecule has 0 saturated carbocycles. The summed E-state index contributed by atoms with van der Waals surface area (Å²) in [4.78, 5) is 20.6. The van der Waals surface area contributed by atoms with Crippen molar-refractivity contribution in [1.82, 2.24) is 9.47 Å². The molecule has 2 heterocycles. The van der Waals surface area contributed by atoms with Crippen LogP contribution in [0.15, 0.2) is 64.7 Å². The van der Waals surface area contributed by atoms with Gasteiger partial charge < -0.3 is 14.8 Å². The summed E-state index contributed by atoms with van der Waals surface area (Å²) in [7, 11) is 0. The molecule has 35 heavy (non-hydrogen) atoms. The first-order valence-corrected chi connectivity index (χ1v) is 11.8. The summed E-state index contributed by atoms with van der Waals surface area (Å²) in [5.74, 6) is -1.55. The quantitative estimate of drug-likeness (QED) is 0.363. The molecule has 1 aliphatic rings. The molecule has 4 rings (SSSR count). The van der Waals surface area contributed by atoms with Gasteiger partial charge in [-0.05, 0) is 43.2 Å². The fourth-order valence-corrected chi connectivity index (χ4v) is 4.55. The van der Waals surface area contributed by atoms with Crippen molar-refractivity contribution < 1.29 is 18.7 Å². The van der Waals surface area contributed by atoms with E-state index in [-0.39, 0.29) is 39.7 Å². The Morgan fingerprint density at radius 1 is 1.09 bits per heavy atom. The minimum Gasteiger partial charge on any atom is -0.395 e. The molecular formula is C25H23Cl2F2N3O3. The molecule has 1 fully saturated rings. The third kappa shape index (κ3) is 5.90. The Kier molecular flexibility index (Phi) is 8.18. The second-order valence-electron chi connectivity index (χ2n) is 8.13. The number of para-hydroxylation sites is 1. The van der Waals surface area contributed by atoms with E-state index in [1.165, 1.54) is 29.0 Å². The maximum Gasteiger partial charge on any atom is 0.255 e. The average molecular weight is 522 g/mol. The van der Waals surface area contributed by atoms with Gasteiger partial charge in [0.15, 0.2) is 0 Å². The van der Waals surface area contributed by atoms with E-state index in [9.17, 15) is 13.6 Å². The van der Waals surface area contributed by atoms with Crippen LogP contribution in [0, 0.1) is 11.6 Å². The first-order valence-electron chi connectivity index (χ1n) is 11.1. The third-order valence-corrected chi connectivity index (χ3v) is 6.40. The number of likely N-dealkylation sites (tertiary alicyclic amines) is 1. The molecule has 0 aliphatic carbocycles. The van der Waals surface area contributed by atoms with Gasteiger partial charge in [-0.15, -0.1) is 0 Å². The van der Waals surface area contributed by atoms with Crippen LogP contribution in [-0.4, -0.2) is 52.6 Å². The Labute approximate surface area is 211 Å². The molecular weight excluding hydrogens is 499 g/mol. The van der Waals surface area contributed by atoms with E-state index in [1.54, 1.807) is 18.2 Å². The first-order chi connectivity index (χ1) is 16.9. The highest BCUT2D eigenvalue weighted by Crippen LogP contribution is 2.28. The fourth-order valence-electron chi connectivity index (χ4n) is 3.97. The third-order valence-electron chi connectivity index (χ3n) is 5.79. The van der Waals surface area contributed by atoms with Crippen molar-refractivity contribution in [2.24, 2.45) is 5.16 Å². The van der Waals surface area contributed by atoms with Crippen LogP contribution in [0.4, 0.5) is 8.78 Å². The number of hydrogen-bond acceptors (Lipinski definition) is 5. The van der Waals surface area contributed by atoms with Gasteiger partial charge in [0.25, 0.3) is 5.56 Å². The number of aromatic nitrogens is 1. The average Bonchev–Trinajstić information content (AvgIpc) is 2.83. The zero-order valence-corrected chi connectivity index (χ0v) is 20.1. The SMILES string of the molecule is O=c1ccc(/C(=N\OC2CCN(CCO)CC2)c2ccc(F)cc2F)cn1-c1c(Cl)cccc1Cl. The van der Waals surface area contributed by atoms with Crippen LogP contribution in [0.3, 0.4) is 0 Å². The highest BCUT2D eigenvalue weighted by atomic mass is 35.5. The molecule has 1 saturated heterocycles. The maximum absolute atomic E-state index is 14.8. The summed E-state index contributed by atoms with van der Waals surface area (Å²) in [6.45, 7) is 2.14. The Balaban J connectivity index is 1.73. The molecule has 1 aliphatic heterocycles. The van der Waals surface area contributed by atoms with Gasteiger partial charge in [-0.2, -0.15) is 0 Å². The predicted molar refractivity (Wildman–Crippen MR) is 132 cm³/mol. The second-order valence-corrected chi connectivity index (χ2v) is 8.94. The lowest BCUT2D eigenvalue weighted by Gasteiger charge is -2.30. The van der Waals surface area contributed by atoms with Gasteiger partial charge in [0, 0.05) is 49.1 Å². The number of aliphatic hydroxyl groups excluding tert-OH is 1. The minimum atomic E-state index is -0.821. The van der Waals surface area contributed by atoms with E-state index in [4.69, 9.17) is 33.1 Å². The topological polar surface area (TPSA) is 67.1 Å². The van der Waals surface area contributed by atoms with E-state index in [1.807, 2.05) is 0 Å². The van der Waals surface area contributed by atoms with Crippen LogP contribution in [0.2, 0.25) is 10.0 Å².